The summed E-state index contributed by atoms with van der Waals surface area (Å²) in [4.78, 5) is 16.6. The van der Waals surface area contributed by atoms with E-state index in [1.165, 1.54) is 6.07 Å². The van der Waals surface area contributed by atoms with Crippen molar-refractivity contribution >= 4 is 6.03 Å². The molecule has 0 unspecified atom stereocenters. The number of carbonyl (C=O) groups excluding carboxylic acids is 1. The first-order valence-corrected chi connectivity index (χ1v) is 9.31. The summed E-state index contributed by atoms with van der Waals surface area (Å²) in [5, 5.41) is 3.12. The molecule has 6 heteroatoms. The van der Waals surface area contributed by atoms with Crippen LogP contribution in [0.1, 0.15) is 24.8 Å². The number of benzene rings is 1. The number of carbonyl (C=O) groups is 1. The molecule has 2 aliphatic heterocycles. The summed E-state index contributed by atoms with van der Waals surface area (Å²) in [5.74, 6) is -0.114. The van der Waals surface area contributed by atoms with Gasteiger partial charge >= 0.3 is 6.03 Å². The van der Waals surface area contributed by atoms with Gasteiger partial charge in [-0.1, -0.05) is 18.2 Å². The maximum absolute atomic E-state index is 13.6. The van der Waals surface area contributed by atoms with Gasteiger partial charge in [0.15, 0.2) is 0 Å². The molecule has 0 radical (unpaired) electrons. The van der Waals surface area contributed by atoms with Crippen LogP contribution in [0.15, 0.2) is 24.3 Å². The fourth-order valence-electron chi connectivity index (χ4n) is 3.48. The minimum absolute atomic E-state index is 0.0536. The van der Waals surface area contributed by atoms with Crippen molar-refractivity contribution < 1.29 is 13.9 Å². The highest BCUT2D eigenvalue weighted by molar-refractivity contribution is 5.74. The maximum atomic E-state index is 13.6. The molecule has 1 aromatic carbocycles. The molecule has 5 nitrogen and oxygen atoms in total. The van der Waals surface area contributed by atoms with Crippen molar-refractivity contribution in [1.82, 2.24) is 15.1 Å². The molecular weight excluding hydrogens is 321 g/mol. The Morgan fingerprint density at radius 3 is 2.60 bits per heavy atom. The van der Waals surface area contributed by atoms with E-state index in [0.29, 0.717) is 0 Å². The minimum Gasteiger partial charge on any atom is -0.381 e. The lowest BCUT2D eigenvalue weighted by atomic mass is 10.1. The van der Waals surface area contributed by atoms with Crippen LogP contribution in [0.4, 0.5) is 9.18 Å². The molecule has 1 N–H and O–H groups in total. The van der Waals surface area contributed by atoms with Gasteiger partial charge in [0.05, 0.1) is 0 Å². The molecule has 138 valence electrons. The first kappa shape index (κ1) is 18.1. The van der Waals surface area contributed by atoms with Gasteiger partial charge in [0, 0.05) is 45.4 Å². The van der Waals surface area contributed by atoms with Crippen LogP contribution in [0.3, 0.4) is 0 Å². The summed E-state index contributed by atoms with van der Waals surface area (Å²) in [6.45, 7) is 5.71. The molecule has 0 aliphatic carbocycles. The predicted molar refractivity (Wildman–Crippen MR) is 95.1 cm³/mol. The standard InChI is InChI=1S/C19H28FN3O2/c20-18-6-2-1-4-16(18)5-3-9-22-10-12-23(13-11-22)19(24)21-17-7-14-25-15-8-17/h1-2,4,6,17H,3,5,7-15H2,(H,21,24). The zero-order chi connectivity index (χ0) is 17.5. The van der Waals surface area contributed by atoms with Gasteiger partial charge in [-0.3, -0.25) is 4.90 Å². The van der Waals surface area contributed by atoms with Crippen molar-refractivity contribution in [2.45, 2.75) is 31.7 Å². The lowest BCUT2D eigenvalue weighted by molar-refractivity contribution is 0.0760. The summed E-state index contributed by atoms with van der Waals surface area (Å²) in [7, 11) is 0. The summed E-state index contributed by atoms with van der Waals surface area (Å²) in [6.07, 6.45) is 3.51. The topological polar surface area (TPSA) is 44.8 Å². The number of hydrogen-bond acceptors (Lipinski definition) is 3. The number of rotatable bonds is 5. The fraction of sp³-hybridized carbons (Fsp3) is 0.632. The van der Waals surface area contributed by atoms with Crippen molar-refractivity contribution in [2.24, 2.45) is 0 Å². The molecule has 2 saturated heterocycles. The largest absolute Gasteiger partial charge is 0.381 e. The van der Waals surface area contributed by atoms with Crippen molar-refractivity contribution in [3.05, 3.63) is 35.6 Å². The SMILES string of the molecule is O=C(NC1CCOCC1)N1CCN(CCCc2ccccc2F)CC1. The highest BCUT2D eigenvalue weighted by atomic mass is 19.1. The van der Waals surface area contributed by atoms with Crippen molar-refractivity contribution in [3.63, 3.8) is 0 Å². The lowest BCUT2D eigenvalue weighted by Crippen LogP contribution is -2.54. The Balaban J connectivity index is 1.34. The van der Waals surface area contributed by atoms with Crippen LogP contribution in [-0.2, 0) is 11.2 Å². The Bertz CT molecular complexity index is 555. The number of amides is 2. The third-order valence-electron chi connectivity index (χ3n) is 5.09. The molecule has 25 heavy (non-hydrogen) atoms. The Labute approximate surface area is 149 Å². The second kappa shape index (κ2) is 9.15. The van der Waals surface area contributed by atoms with E-state index < -0.39 is 0 Å². The van der Waals surface area contributed by atoms with Crippen LogP contribution in [0.2, 0.25) is 0 Å². The number of hydrogen-bond donors (Lipinski definition) is 1. The molecule has 0 bridgehead atoms. The number of urea groups is 1. The number of halogens is 1. The van der Waals surface area contributed by atoms with E-state index in [-0.39, 0.29) is 17.9 Å². The fourth-order valence-corrected chi connectivity index (χ4v) is 3.48. The number of aryl methyl sites for hydroxylation is 1. The first-order valence-electron chi connectivity index (χ1n) is 9.31. The number of ether oxygens (including phenoxy) is 1. The summed E-state index contributed by atoms with van der Waals surface area (Å²) < 4.78 is 18.9. The van der Waals surface area contributed by atoms with Gasteiger partial charge in [0.1, 0.15) is 5.82 Å². The average Bonchev–Trinajstić information content (AvgIpc) is 2.65. The lowest BCUT2D eigenvalue weighted by Gasteiger charge is -2.36. The van der Waals surface area contributed by atoms with Gasteiger partial charge in [0.25, 0.3) is 0 Å². The van der Waals surface area contributed by atoms with E-state index in [2.05, 4.69) is 10.2 Å². The monoisotopic (exact) mass is 349 g/mol. The zero-order valence-electron chi connectivity index (χ0n) is 14.8. The smallest absolute Gasteiger partial charge is 0.317 e. The molecule has 0 spiro atoms. The van der Waals surface area contributed by atoms with E-state index in [9.17, 15) is 9.18 Å². The van der Waals surface area contributed by atoms with Gasteiger partial charge in [-0.2, -0.15) is 0 Å². The molecule has 1 aromatic rings. The van der Waals surface area contributed by atoms with Gasteiger partial charge in [-0.15, -0.1) is 0 Å². The van der Waals surface area contributed by atoms with Gasteiger partial charge in [-0.05, 0) is 43.9 Å². The Hall–Kier alpha value is -1.66. The Morgan fingerprint density at radius 1 is 1.16 bits per heavy atom. The summed E-state index contributed by atoms with van der Waals surface area (Å²) >= 11 is 0. The van der Waals surface area contributed by atoms with Gasteiger partial charge in [-0.25, -0.2) is 9.18 Å². The van der Waals surface area contributed by atoms with Gasteiger partial charge < -0.3 is 15.0 Å². The highest BCUT2D eigenvalue weighted by Crippen LogP contribution is 2.11. The van der Waals surface area contributed by atoms with Crippen LogP contribution in [-0.4, -0.2) is 67.8 Å². The number of nitrogens with zero attached hydrogens (tertiary/aromatic N) is 2. The predicted octanol–water partition coefficient (Wildman–Crippen LogP) is 2.26. The molecule has 2 aliphatic rings. The van der Waals surface area contributed by atoms with Crippen LogP contribution >= 0.6 is 0 Å². The van der Waals surface area contributed by atoms with Crippen LogP contribution in [0.5, 0.6) is 0 Å². The van der Waals surface area contributed by atoms with Crippen molar-refractivity contribution in [2.75, 3.05) is 45.9 Å². The van der Waals surface area contributed by atoms with E-state index in [1.54, 1.807) is 6.07 Å². The molecule has 3 rings (SSSR count). The van der Waals surface area contributed by atoms with E-state index in [1.807, 2.05) is 17.0 Å². The molecule has 0 atom stereocenters. The van der Waals surface area contributed by atoms with Crippen molar-refractivity contribution in [3.8, 4) is 0 Å². The Kier molecular flexibility index (Phi) is 6.64. The molecule has 0 aromatic heterocycles. The highest BCUT2D eigenvalue weighted by Gasteiger charge is 2.23. The van der Waals surface area contributed by atoms with E-state index in [4.69, 9.17) is 4.74 Å². The zero-order valence-corrected chi connectivity index (χ0v) is 14.8. The average molecular weight is 349 g/mol. The molecule has 2 heterocycles. The first-order chi connectivity index (χ1) is 12.2. The van der Waals surface area contributed by atoms with E-state index >= 15 is 0 Å². The molecule has 2 fully saturated rings. The minimum atomic E-state index is -0.114. The Morgan fingerprint density at radius 2 is 1.88 bits per heavy atom. The number of nitrogens with one attached hydrogen (secondary N) is 1. The van der Waals surface area contributed by atoms with Crippen LogP contribution in [0, 0.1) is 5.82 Å². The van der Waals surface area contributed by atoms with Crippen molar-refractivity contribution in [1.29, 1.82) is 0 Å². The third kappa shape index (κ3) is 5.41. The molecular formula is C19H28FN3O2. The van der Waals surface area contributed by atoms with Crippen LogP contribution in [0.25, 0.3) is 0 Å². The molecule has 2 amide bonds. The van der Waals surface area contributed by atoms with E-state index in [0.717, 1.165) is 77.2 Å². The van der Waals surface area contributed by atoms with Crippen LogP contribution < -0.4 is 5.32 Å². The molecule has 0 saturated carbocycles. The number of piperazine rings is 1. The second-order valence-corrected chi connectivity index (χ2v) is 6.86. The quantitative estimate of drug-likeness (QED) is 0.887. The summed E-state index contributed by atoms with van der Waals surface area (Å²) in [5.41, 5.74) is 0.789. The second-order valence-electron chi connectivity index (χ2n) is 6.86. The maximum Gasteiger partial charge on any atom is 0.317 e. The van der Waals surface area contributed by atoms with Gasteiger partial charge in [0.2, 0.25) is 0 Å². The third-order valence-corrected chi connectivity index (χ3v) is 5.09. The normalized spacial score (nSPS) is 19.8. The summed E-state index contributed by atoms with van der Waals surface area (Å²) in [6, 6.07) is 7.29.